The van der Waals surface area contributed by atoms with Crippen LogP contribution in [-0.4, -0.2) is 39.4 Å². The number of anilines is 1. The van der Waals surface area contributed by atoms with E-state index in [-0.39, 0.29) is 11.8 Å². The Morgan fingerprint density at radius 1 is 1.15 bits per heavy atom. The van der Waals surface area contributed by atoms with Gasteiger partial charge in [-0.25, -0.2) is 4.98 Å². The van der Waals surface area contributed by atoms with Gasteiger partial charge in [-0.2, -0.15) is 0 Å². The molecule has 2 heterocycles. The summed E-state index contributed by atoms with van der Waals surface area (Å²) in [7, 11) is 0. The highest BCUT2D eigenvalue weighted by atomic mass is 16.2. The molecule has 1 aromatic carbocycles. The van der Waals surface area contributed by atoms with Crippen molar-refractivity contribution in [2.24, 2.45) is 0 Å². The minimum atomic E-state index is -0.252. The molecule has 26 heavy (non-hydrogen) atoms. The molecule has 0 aliphatic carbocycles. The van der Waals surface area contributed by atoms with Crippen molar-refractivity contribution in [1.29, 1.82) is 0 Å². The fourth-order valence-electron chi connectivity index (χ4n) is 3.37. The van der Waals surface area contributed by atoms with Gasteiger partial charge in [-0.15, -0.1) is 0 Å². The van der Waals surface area contributed by atoms with Gasteiger partial charge in [-0.05, 0) is 52.2 Å². The summed E-state index contributed by atoms with van der Waals surface area (Å²) in [5.41, 5.74) is 3.11. The summed E-state index contributed by atoms with van der Waals surface area (Å²) in [4.78, 5) is 31.8. The number of carbonyl (C=O) groups excluding carboxylic acids is 2. The Bertz CT molecular complexity index is 804. The molecule has 6 heteroatoms. The molecule has 1 aromatic heterocycles. The standard InChI is InChI=1S/C20H26N4O2/c1-4-23(5-2)20(26)18-22-17(16-8-6-7-13-24(16)18)19(25)21-15-11-9-14(3)10-12-15/h9-12H,4-8,13H2,1-3H3,(H,21,25). The maximum absolute atomic E-state index is 12.8. The molecule has 6 nitrogen and oxygen atoms in total. The summed E-state index contributed by atoms with van der Waals surface area (Å²) in [6, 6.07) is 7.65. The maximum atomic E-state index is 12.8. The Balaban J connectivity index is 1.93. The zero-order valence-corrected chi connectivity index (χ0v) is 15.7. The Morgan fingerprint density at radius 2 is 1.85 bits per heavy atom. The van der Waals surface area contributed by atoms with Crippen LogP contribution in [0.3, 0.4) is 0 Å². The van der Waals surface area contributed by atoms with E-state index in [2.05, 4.69) is 10.3 Å². The second-order valence-corrected chi connectivity index (χ2v) is 6.64. The Hall–Kier alpha value is -2.63. The van der Waals surface area contributed by atoms with Gasteiger partial charge in [0.1, 0.15) is 0 Å². The van der Waals surface area contributed by atoms with Crippen LogP contribution in [0, 0.1) is 6.92 Å². The average Bonchev–Trinajstić information content (AvgIpc) is 3.04. The first-order valence-corrected chi connectivity index (χ1v) is 9.31. The molecule has 0 spiro atoms. The molecule has 0 fully saturated rings. The van der Waals surface area contributed by atoms with Crippen molar-refractivity contribution in [3.63, 3.8) is 0 Å². The number of amides is 2. The van der Waals surface area contributed by atoms with Crippen molar-refractivity contribution in [3.8, 4) is 0 Å². The molecule has 0 atom stereocenters. The van der Waals surface area contributed by atoms with E-state index < -0.39 is 0 Å². The largest absolute Gasteiger partial charge is 0.337 e. The number of imidazole rings is 1. The molecular weight excluding hydrogens is 328 g/mol. The zero-order chi connectivity index (χ0) is 18.7. The van der Waals surface area contributed by atoms with Crippen LogP contribution in [0.15, 0.2) is 24.3 Å². The number of nitrogens with zero attached hydrogens (tertiary/aromatic N) is 3. The van der Waals surface area contributed by atoms with Crippen LogP contribution >= 0.6 is 0 Å². The van der Waals surface area contributed by atoms with Crippen LogP contribution in [-0.2, 0) is 13.0 Å². The first kappa shape index (κ1) is 18.2. The molecule has 1 aliphatic heterocycles. The summed E-state index contributed by atoms with van der Waals surface area (Å²) < 4.78 is 1.94. The molecule has 1 aliphatic rings. The number of benzene rings is 1. The normalized spacial score (nSPS) is 13.2. The molecule has 0 radical (unpaired) electrons. The predicted octanol–water partition coefficient (Wildman–Crippen LogP) is 3.26. The Kier molecular flexibility index (Phi) is 5.40. The molecule has 138 valence electrons. The third kappa shape index (κ3) is 3.49. The topological polar surface area (TPSA) is 67.2 Å². The van der Waals surface area contributed by atoms with Crippen molar-refractivity contribution in [2.45, 2.75) is 46.6 Å². The van der Waals surface area contributed by atoms with E-state index in [0.29, 0.717) is 24.6 Å². The third-order valence-corrected chi connectivity index (χ3v) is 4.88. The van der Waals surface area contributed by atoms with Crippen molar-refractivity contribution >= 4 is 17.5 Å². The van der Waals surface area contributed by atoms with Crippen LogP contribution in [0.4, 0.5) is 5.69 Å². The number of hydrogen-bond donors (Lipinski definition) is 1. The average molecular weight is 354 g/mol. The molecule has 2 amide bonds. The molecule has 0 unspecified atom stereocenters. The number of rotatable bonds is 5. The summed E-state index contributed by atoms with van der Waals surface area (Å²) in [6.45, 7) is 7.90. The van der Waals surface area contributed by atoms with Gasteiger partial charge < -0.3 is 14.8 Å². The highest BCUT2D eigenvalue weighted by molar-refractivity contribution is 6.05. The highest BCUT2D eigenvalue weighted by Crippen LogP contribution is 2.23. The van der Waals surface area contributed by atoms with Gasteiger partial charge in [-0.3, -0.25) is 9.59 Å². The summed E-state index contributed by atoms with van der Waals surface area (Å²) >= 11 is 0. The number of fused-ring (bicyclic) bond motifs is 1. The number of aryl methyl sites for hydroxylation is 1. The van der Waals surface area contributed by atoms with Crippen molar-refractivity contribution in [2.75, 3.05) is 18.4 Å². The van der Waals surface area contributed by atoms with Crippen LogP contribution in [0.5, 0.6) is 0 Å². The van der Waals surface area contributed by atoms with Gasteiger partial charge in [0.05, 0.1) is 5.69 Å². The van der Waals surface area contributed by atoms with E-state index >= 15 is 0 Å². The minimum absolute atomic E-state index is 0.104. The lowest BCUT2D eigenvalue weighted by Gasteiger charge is -2.21. The lowest BCUT2D eigenvalue weighted by Crippen LogP contribution is -2.33. The van der Waals surface area contributed by atoms with Gasteiger partial charge in [0.2, 0.25) is 0 Å². The van der Waals surface area contributed by atoms with E-state index in [0.717, 1.165) is 42.8 Å². The molecule has 1 N–H and O–H groups in total. The fraction of sp³-hybridized carbons (Fsp3) is 0.450. The lowest BCUT2D eigenvalue weighted by molar-refractivity contribution is 0.0754. The molecule has 0 saturated carbocycles. The zero-order valence-electron chi connectivity index (χ0n) is 15.7. The number of carbonyl (C=O) groups is 2. The summed E-state index contributed by atoms with van der Waals surface area (Å²) in [5.74, 6) is 0.0306. The Labute approximate surface area is 154 Å². The molecular formula is C20H26N4O2. The second kappa shape index (κ2) is 7.72. The third-order valence-electron chi connectivity index (χ3n) is 4.88. The maximum Gasteiger partial charge on any atom is 0.289 e. The van der Waals surface area contributed by atoms with E-state index in [1.807, 2.05) is 49.6 Å². The van der Waals surface area contributed by atoms with Crippen LogP contribution < -0.4 is 5.32 Å². The Morgan fingerprint density at radius 3 is 2.50 bits per heavy atom. The van der Waals surface area contributed by atoms with E-state index in [4.69, 9.17) is 0 Å². The van der Waals surface area contributed by atoms with Crippen LogP contribution in [0.25, 0.3) is 0 Å². The van der Waals surface area contributed by atoms with Gasteiger partial charge in [0.25, 0.3) is 11.8 Å². The SMILES string of the molecule is CCN(CC)C(=O)c1nc(C(=O)Nc2ccc(C)cc2)c2n1CCCC2. The number of aromatic nitrogens is 2. The molecule has 2 aromatic rings. The monoisotopic (exact) mass is 354 g/mol. The van der Waals surface area contributed by atoms with Gasteiger partial charge >= 0.3 is 0 Å². The van der Waals surface area contributed by atoms with Gasteiger partial charge in [-0.1, -0.05) is 17.7 Å². The van der Waals surface area contributed by atoms with E-state index in [1.165, 1.54) is 0 Å². The van der Waals surface area contributed by atoms with E-state index in [1.54, 1.807) is 4.90 Å². The van der Waals surface area contributed by atoms with Crippen LogP contribution in [0.2, 0.25) is 0 Å². The van der Waals surface area contributed by atoms with Gasteiger partial charge in [0.15, 0.2) is 11.5 Å². The number of nitrogens with one attached hydrogen (secondary N) is 1. The summed E-state index contributed by atoms with van der Waals surface area (Å²) in [6.07, 6.45) is 2.78. The molecule has 0 bridgehead atoms. The highest BCUT2D eigenvalue weighted by Gasteiger charge is 2.29. The van der Waals surface area contributed by atoms with Gasteiger partial charge in [0, 0.05) is 25.3 Å². The quantitative estimate of drug-likeness (QED) is 0.896. The van der Waals surface area contributed by atoms with Crippen molar-refractivity contribution in [1.82, 2.24) is 14.5 Å². The lowest BCUT2D eigenvalue weighted by atomic mass is 10.1. The second-order valence-electron chi connectivity index (χ2n) is 6.64. The van der Waals surface area contributed by atoms with E-state index in [9.17, 15) is 9.59 Å². The fourth-order valence-corrected chi connectivity index (χ4v) is 3.37. The smallest absolute Gasteiger partial charge is 0.289 e. The minimum Gasteiger partial charge on any atom is -0.337 e. The first-order valence-electron chi connectivity index (χ1n) is 9.31. The first-order chi connectivity index (χ1) is 12.5. The van der Waals surface area contributed by atoms with Crippen molar-refractivity contribution in [3.05, 3.63) is 47.0 Å². The predicted molar refractivity (Wildman–Crippen MR) is 102 cm³/mol. The molecule has 0 saturated heterocycles. The molecule has 3 rings (SSSR count). The number of hydrogen-bond acceptors (Lipinski definition) is 3. The van der Waals surface area contributed by atoms with Crippen LogP contribution in [0.1, 0.15) is 59.1 Å². The van der Waals surface area contributed by atoms with Crippen molar-refractivity contribution < 1.29 is 9.59 Å². The summed E-state index contributed by atoms with van der Waals surface area (Å²) in [5, 5.41) is 2.91.